The van der Waals surface area contributed by atoms with E-state index in [0.29, 0.717) is 16.2 Å². The fraction of sp³-hybridized carbons (Fsp3) is 0.233. The minimum absolute atomic E-state index is 0.0215. The Morgan fingerprint density at radius 2 is 1.38 bits per heavy atom. The molecule has 2 heterocycles. The van der Waals surface area contributed by atoms with Crippen molar-refractivity contribution in [2.45, 2.75) is 25.7 Å². The summed E-state index contributed by atoms with van der Waals surface area (Å²) in [5.41, 5.74) is 2.77. The highest BCUT2D eigenvalue weighted by Gasteiger charge is 2.33. The first-order chi connectivity index (χ1) is 19.3. The first kappa shape index (κ1) is 26.6. The fourth-order valence-electron chi connectivity index (χ4n) is 4.82. The number of rotatable bonds is 8. The summed E-state index contributed by atoms with van der Waals surface area (Å²) >= 11 is 0. The number of hydroxylamine groups is 2. The Balaban J connectivity index is 1.43. The smallest absolute Gasteiger partial charge is 0.345 e. The average Bonchev–Trinajstić information content (AvgIpc) is 3.28. The van der Waals surface area contributed by atoms with Crippen LogP contribution in [0.2, 0.25) is 0 Å². The van der Waals surface area contributed by atoms with Crippen molar-refractivity contribution in [1.82, 2.24) is 5.06 Å². The van der Waals surface area contributed by atoms with E-state index >= 15 is 0 Å². The number of nitrogens with zero attached hydrogens (tertiary/aromatic N) is 2. The van der Waals surface area contributed by atoms with Crippen LogP contribution in [0.1, 0.15) is 35.2 Å². The molecule has 1 fully saturated rings. The van der Waals surface area contributed by atoms with Crippen LogP contribution in [0.3, 0.4) is 0 Å². The molecule has 1 aromatic heterocycles. The van der Waals surface area contributed by atoms with Gasteiger partial charge in [-0.05, 0) is 36.2 Å². The average molecular weight is 544 g/mol. The first-order valence-corrected chi connectivity index (χ1v) is 12.7. The summed E-state index contributed by atoms with van der Waals surface area (Å²) in [6.45, 7) is 0. The molecule has 204 valence electrons. The molecule has 0 N–H and O–H groups in total. The molecule has 5 rings (SSSR count). The minimum atomic E-state index is -0.729. The van der Waals surface area contributed by atoms with Crippen molar-refractivity contribution in [3.63, 3.8) is 0 Å². The van der Waals surface area contributed by atoms with Gasteiger partial charge in [-0.2, -0.15) is 4.57 Å². The number of pyridine rings is 1. The molecule has 2 amide bonds. The van der Waals surface area contributed by atoms with E-state index in [1.165, 1.54) is 14.2 Å². The number of methoxy groups -OCH3 is 2. The fourth-order valence-corrected chi connectivity index (χ4v) is 4.82. The molecule has 0 bridgehead atoms. The van der Waals surface area contributed by atoms with Crippen LogP contribution in [0.15, 0.2) is 60.7 Å². The van der Waals surface area contributed by atoms with Gasteiger partial charge in [0.05, 0.1) is 37.0 Å². The molecule has 40 heavy (non-hydrogen) atoms. The third kappa shape index (κ3) is 4.91. The first-order valence-electron chi connectivity index (χ1n) is 12.7. The molecular formula is C30H27N2O8+. The maximum atomic E-state index is 13.7. The molecule has 0 spiro atoms. The van der Waals surface area contributed by atoms with E-state index in [1.54, 1.807) is 12.1 Å². The topological polar surface area (TPSA) is 112 Å². The Morgan fingerprint density at radius 3 is 1.90 bits per heavy atom. The largest absolute Gasteiger partial charge is 0.493 e. The highest BCUT2D eigenvalue weighted by Crippen LogP contribution is 2.40. The number of esters is 1. The molecule has 0 atom stereocenters. The molecule has 0 aliphatic carbocycles. The Bertz CT molecular complexity index is 1580. The maximum absolute atomic E-state index is 13.7. The Morgan fingerprint density at radius 1 is 0.850 bits per heavy atom. The predicted molar refractivity (Wildman–Crippen MR) is 143 cm³/mol. The number of carbonyl (C=O) groups excluding carboxylic acids is 4. The van der Waals surface area contributed by atoms with E-state index in [1.807, 2.05) is 60.1 Å². The molecule has 0 saturated carbocycles. The molecule has 1 aliphatic rings. The molecular weight excluding hydrogens is 516 g/mol. The van der Waals surface area contributed by atoms with Gasteiger partial charge >= 0.3 is 11.9 Å². The van der Waals surface area contributed by atoms with Crippen molar-refractivity contribution in [2.24, 2.45) is 7.05 Å². The zero-order valence-corrected chi connectivity index (χ0v) is 22.3. The van der Waals surface area contributed by atoms with Crippen LogP contribution in [0.5, 0.6) is 17.2 Å². The third-order valence-electron chi connectivity index (χ3n) is 6.81. The van der Waals surface area contributed by atoms with E-state index in [4.69, 9.17) is 19.0 Å². The number of benzene rings is 3. The summed E-state index contributed by atoms with van der Waals surface area (Å²) in [5.74, 6) is -1.84. The molecule has 10 nitrogen and oxygen atoms in total. The zero-order valence-electron chi connectivity index (χ0n) is 22.3. The quantitative estimate of drug-likeness (QED) is 0.109. The summed E-state index contributed by atoms with van der Waals surface area (Å²) in [4.78, 5) is 54.4. The van der Waals surface area contributed by atoms with Gasteiger partial charge in [0.1, 0.15) is 7.05 Å². The lowest BCUT2D eigenvalue weighted by molar-refractivity contribution is -0.617. The minimum Gasteiger partial charge on any atom is -0.493 e. The van der Waals surface area contributed by atoms with E-state index in [0.717, 1.165) is 21.8 Å². The second-order valence-electron chi connectivity index (χ2n) is 9.23. The summed E-state index contributed by atoms with van der Waals surface area (Å²) < 4.78 is 19.0. The van der Waals surface area contributed by atoms with Gasteiger partial charge in [0.2, 0.25) is 16.8 Å². The van der Waals surface area contributed by atoms with Gasteiger partial charge in [-0.3, -0.25) is 9.59 Å². The summed E-state index contributed by atoms with van der Waals surface area (Å²) in [5, 5.41) is 1.98. The van der Waals surface area contributed by atoms with Gasteiger partial charge in [0, 0.05) is 25.0 Å². The van der Waals surface area contributed by atoms with Crippen LogP contribution < -0.4 is 18.8 Å². The van der Waals surface area contributed by atoms with Crippen molar-refractivity contribution in [3.8, 4) is 17.2 Å². The molecule has 0 radical (unpaired) electrons. The van der Waals surface area contributed by atoms with E-state index < -0.39 is 23.8 Å². The van der Waals surface area contributed by atoms with Crippen molar-refractivity contribution in [3.05, 3.63) is 71.8 Å². The number of carbonyl (C=O) groups is 4. The van der Waals surface area contributed by atoms with Gasteiger partial charge in [-0.1, -0.05) is 24.3 Å². The Labute approximate surface area is 229 Å². The van der Waals surface area contributed by atoms with Gasteiger partial charge in [-0.25, -0.2) is 9.59 Å². The second-order valence-corrected chi connectivity index (χ2v) is 9.23. The SMILES string of the molecule is COc1cc(CCC(=O)ON2C(=O)CCC2=O)cc(OC)c1OC(=O)c1c2ccccc2[n+](C)c2ccccc12. The molecule has 10 heteroatoms. The third-order valence-corrected chi connectivity index (χ3v) is 6.81. The second kappa shape index (κ2) is 11.0. The van der Waals surface area contributed by atoms with Gasteiger partial charge < -0.3 is 19.0 Å². The number of para-hydroxylation sites is 2. The van der Waals surface area contributed by atoms with Crippen molar-refractivity contribution in [2.75, 3.05) is 14.2 Å². The Hall–Kier alpha value is -4.99. The number of hydrogen-bond donors (Lipinski definition) is 0. The summed E-state index contributed by atoms with van der Waals surface area (Å²) in [6, 6.07) is 18.4. The summed E-state index contributed by atoms with van der Waals surface area (Å²) in [6.07, 6.45) is 0.128. The Kier molecular flexibility index (Phi) is 7.33. The van der Waals surface area contributed by atoms with E-state index in [-0.39, 0.29) is 42.9 Å². The van der Waals surface area contributed by atoms with Crippen LogP contribution >= 0.6 is 0 Å². The lowest BCUT2D eigenvalue weighted by Gasteiger charge is -2.16. The molecule has 4 aromatic rings. The number of aryl methyl sites for hydroxylation is 2. The standard InChI is InChI=1S/C30H27N2O8/c1-31-21-10-6-4-8-19(21)28(20-9-5-7-11-22(20)31)30(36)39-29-23(37-2)16-18(17-24(29)38-3)12-15-27(35)40-32-25(33)13-14-26(32)34/h4-11,16-17H,12-15H2,1-3H3/q+1. The number of ether oxygens (including phenoxy) is 3. The number of fused-ring (bicyclic) bond motifs is 2. The van der Waals surface area contributed by atoms with Crippen molar-refractivity contribution < 1.29 is 42.8 Å². The number of amides is 2. The lowest BCUT2D eigenvalue weighted by Crippen LogP contribution is -2.32. The van der Waals surface area contributed by atoms with Crippen LogP contribution in [0.4, 0.5) is 0 Å². The van der Waals surface area contributed by atoms with Crippen LogP contribution in [-0.2, 0) is 32.7 Å². The normalized spacial score (nSPS) is 13.1. The van der Waals surface area contributed by atoms with Gasteiger partial charge in [0.15, 0.2) is 11.5 Å². The zero-order chi connectivity index (χ0) is 28.4. The predicted octanol–water partition coefficient (Wildman–Crippen LogP) is 3.59. The van der Waals surface area contributed by atoms with Crippen molar-refractivity contribution in [1.29, 1.82) is 0 Å². The molecule has 0 unspecified atom stereocenters. The number of aromatic nitrogens is 1. The summed E-state index contributed by atoms with van der Waals surface area (Å²) in [7, 11) is 4.81. The highest BCUT2D eigenvalue weighted by molar-refractivity contribution is 6.13. The number of hydrogen-bond acceptors (Lipinski definition) is 8. The lowest BCUT2D eigenvalue weighted by atomic mass is 10.0. The van der Waals surface area contributed by atoms with Crippen LogP contribution in [-0.4, -0.2) is 43.0 Å². The van der Waals surface area contributed by atoms with Crippen molar-refractivity contribution >= 4 is 45.6 Å². The van der Waals surface area contributed by atoms with Gasteiger partial charge in [0.25, 0.3) is 11.8 Å². The maximum Gasteiger partial charge on any atom is 0.345 e. The van der Waals surface area contributed by atoms with Gasteiger partial charge in [-0.15, -0.1) is 5.06 Å². The monoisotopic (exact) mass is 543 g/mol. The molecule has 1 aliphatic heterocycles. The van der Waals surface area contributed by atoms with E-state index in [2.05, 4.69) is 0 Å². The molecule has 1 saturated heterocycles. The van der Waals surface area contributed by atoms with E-state index in [9.17, 15) is 19.2 Å². The van der Waals surface area contributed by atoms with Crippen LogP contribution in [0, 0.1) is 0 Å². The number of imide groups is 1. The van der Waals surface area contributed by atoms with Crippen LogP contribution in [0.25, 0.3) is 21.8 Å². The molecule has 3 aromatic carbocycles. The highest BCUT2D eigenvalue weighted by atomic mass is 16.7.